The summed E-state index contributed by atoms with van der Waals surface area (Å²) in [5.74, 6) is -0.661. The Bertz CT molecular complexity index is 640. The molecule has 0 aliphatic carbocycles. The van der Waals surface area contributed by atoms with Crippen molar-refractivity contribution in [2.75, 3.05) is 19.0 Å². The summed E-state index contributed by atoms with van der Waals surface area (Å²) in [5.41, 5.74) is -0.712. The number of hydrogen-bond donors (Lipinski definition) is 2. The maximum Gasteiger partial charge on any atom is 0.339 e. The number of rotatable bonds is 4. The van der Waals surface area contributed by atoms with E-state index in [9.17, 15) is 9.90 Å². The lowest BCUT2D eigenvalue weighted by Crippen LogP contribution is -2.42. The number of anilines is 1. The molecule has 0 aromatic heterocycles. The molecule has 0 fully saturated rings. The second-order valence-electron chi connectivity index (χ2n) is 4.76. The molecule has 20 heavy (non-hydrogen) atoms. The lowest BCUT2D eigenvalue weighted by atomic mass is 10.1. The van der Waals surface area contributed by atoms with E-state index in [1.807, 2.05) is 36.4 Å². The molecule has 0 aliphatic heterocycles. The van der Waals surface area contributed by atoms with Crippen molar-refractivity contribution < 1.29 is 14.6 Å². The molecule has 1 atom stereocenters. The van der Waals surface area contributed by atoms with E-state index in [1.54, 1.807) is 0 Å². The number of methoxy groups -OCH3 is 1. The van der Waals surface area contributed by atoms with E-state index >= 15 is 0 Å². The fourth-order valence-electron chi connectivity index (χ4n) is 1.98. The number of aliphatic hydroxyl groups is 1. The molecule has 4 nitrogen and oxygen atoms in total. The summed E-state index contributed by atoms with van der Waals surface area (Å²) in [6.07, 6.45) is 0. The highest BCUT2D eigenvalue weighted by Gasteiger charge is 2.31. The first kappa shape index (κ1) is 14.8. The van der Waals surface area contributed by atoms with Crippen LogP contribution in [0.15, 0.2) is 40.9 Å². The van der Waals surface area contributed by atoms with Crippen LogP contribution in [-0.4, -0.2) is 30.3 Å². The van der Waals surface area contributed by atoms with Gasteiger partial charge in [-0.05, 0) is 24.4 Å². The Labute approximate surface area is 125 Å². The SMILES string of the molecule is COC(=O)C(C)(O)CNc1ccc(Br)c2ccccc12. The van der Waals surface area contributed by atoms with Gasteiger partial charge in [0, 0.05) is 15.5 Å². The summed E-state index contributed by atoms with van der Waals surface area (Å²) < 4.78 is 5.57. The van der Waals surface area contributed by atoms with Crippen molar-refractivity contribution in [2.24, 2.45) is 0 Å². The molecule has 0 spiro atoms. The van der Waals surface area contributed by atoms with Crippen LogP contribution in [0.1, 0.15) is 6.92 Å². The lowest BCUT2D eigenvalue weighted by Gasteiger charge is -2.22. The maximum absolute atomic E-state index is 11.5. The molecule has 0 heterocycles. The number of nitrogens with one attached hydrogen (secondary N) is 1. The lowest BCUT2D eigenvalue weighted by molar-refractivity contribution is -0.158. The number of benzene rings is 2. The Morgan fingerprint density at radius 3 is 2.60 bits per heavy atom. The molecular weight excluding hydrogens is 322 g/mol. The Balaban J connectivity index is 2.27. The Kier molecular flexibility index (Phi) is 4.30. The summed E-state index contributed by atoms with van der Waals surface area (Å²) in [6.45, 7) is 1.50. The smallest absolute Gasteiger partial charge is 0.339 e. The van der Waals surface area contributed by atoms with Crippen LogP contribution in [0.2, 0.25) is 0 Å². The van der Waals surface area contributed by atoms with Gasteiger partial charge in [-0.3, -0.25) is 0 Å². The van der Waals surface area contributed by atoms with Crippen molar-refractivity contribution in [2.45, 2.75) is 12.5 Å². The highest BCUT2D eigenvalue weighted by atomic mass is 79.9. The molecule has 1 unspecified atom stereocenters. The third kappa shape index (κ3) is 2.94. The number of hydrogen-bond acceptors (Lipinski definition) is 4. The minimum Gasteiger partial charge on any atom is -0.467 e. The number of esters is 1. The molecule has 0 bridgehead atoms. The predicted octanol–water partition coefficient (Wildman–Crippen LogP) is 2.94. The average Bonchev–Trinajstić information content (AvgIpc) is 2.46. The van der Waals surface area contributed by atoms with E-state index in [1.165, 1.54) is 14.0 Å². The highest BCUT2D eigenvalue weighted by molar-refractivity contribution is 9.10. The zero-order valence-electron chi connectivity index (χ0n) is 11.3. The zero-order valence-corrected chi connectivity index (χ0v) is 12.9. The van der Waals surface area contributed by atoms with Crippen LogP contribution >= 0.6 is 15.9 Å². The summed E-state index contributed by atoms with van der Waals surface area (Å²) in [7, 11) is 1.26. The summed E-state index contributed by atoms with van der Waals surface area (Å²) in [4.78, 5) is 11.5. The van der Waals surface area contributed by atoms with E-state index < -0.39 is 11.6 Å². The van der Waals surface area contributed by atoms with Crippen LogP contribution in [-0.2, 0) is 9.53 Å². The van der Waals surface area contributed by atoms with Gasteiger partial charge in [0.2, 0.25) is 0 Å². The molecular formula is C15H16BrNO3. The number of carbonyl (C=O) groups is 1. The third-order valence-corrected chi connectivity index (χ3v) is 3.81. The standard InChI is InChI=1S/C15H16BrNO3/c1-15(19,14(18)20-2)9-17-13-8-7-12(16)10-5-3-4-6-11(10)13/h3-8,17,19H,9H2,1-2H3. The molecule has 5 heteroatoms. The minimum absolute atomic E-state index is 0.0747. The predicted molar refractivity (Wildman–Crippen MR) is 82.8 cm³/mol. The largest absolute Gasteiger partial charge is 0.467 e. The molecule has 2 aromatic carbocycles. The molecule has 2 rings (SSSR count). The first-order valence-electron chi connectivity index (χ1n) is 6.17. The van der Waals surface area contributed by atoms with Gasteiger partial charge in [0.25, 0.3) is 0 Å². The van der Waals surface area contributed by atoms with Crippen molar-refractivity contribution >= 4 is 38.4 Å². The van der Waals surface area contributed by atoms with Crippen LogP contribution in [0.3, 0.4) is 0 Å². The fraction of sp³-hybridized carbons (Fsp3) is 0.267. The number of halogens is 1. The second kappa shape index (κ2) is 5.81. The molecule has 0 amide bonds. The van der Waals surface area contributed by atoms with Crippen LogP contribution in [0.25, 0.3) is 10.8 Å². The summed E-state index contributed by atoms with van der Waals surface area (Å²) in [6, 6.07) is 11.7. The van der Waals surface area contributed by atoms with Gasteiger partial charge in [-0.25, -0.2) is 4.79 Å². The molecule has 0 aliphatic rings. The quantitative estimate of drug-likeness (QED) is 0.842. The van der Waals surface area contributed by atoms with Gasteiger partial charge in [-0.2, -0.15) is 0 Å². The van der Waals surface area contributed by atoms with E-state index in [-0.39, 0.29) is 6.54 Å². The van der Waals surface area contributed by atoms with E-state index in [0.717, 1.165) is 20.9 Å². The third-order valence-electron chi connectivity index (χ3n) is 3.12. The molecule has 106 valence electrons. The van der Waals surface area contributed by atoms with Crippen molar-refractivity contribution in [3.63, 3.8) is 0 Å². The van der Waals surface area contributed by atoms with E-state index in [2.05, 4.69) is 26.0 Å². The Morgan fingerprint density at radius 2 is 1.95 bits per heavy atom. The Hall–Kier alpha value is -1.59. The van der Waals surface area contributed by atoms with Crippen molar-refractivity contribution in [1.29, 1.82) is 0 Å². The topological polar surface area (TPSA) is 58.6 Å². The van der Waals surface area contributed by atoms with Crippen molar-refractivity contribution in [3.8, 4) is 0 Å². The van der Waals surface area contributed by atoms with Crippen molar-refractivity contribution in [1.82, 2.24) is 0 Å². The first-order chi connectivity index (χ1) is 9.45. The van der Waals surface area contributed by atoms with Gasteiger partial charge in [0.15, 0.2) is 5.60 Å². The van der Waals surface area contributed by atoms with Gasteiger partial charge >= 0.3 is 5.97 Å². The molecule has 2 aromatic rings. The van der Waals surface area contributed by atoms with Crippen LogP contribution in [0.4, 0.5) is 5.69 Å². The van der Waals surface area contributed by atoms with Crippen LogP contribution in [0, 0.1) is 0 Å². The molecule has 2 N–H and O–H groups in total. The van der Waals surface area contributed by atoms with Crippen LogP contribution in [0.5, 0.6) is 0 Å². The number of fused-ring (bicyclic) bond motifs is 1. The highest BCUT2D eigenvalue weighted by Crippen LogP contribution is 2.30. The summed E-state index contributed by atoms with van der Waals surface area (Å²) >= 11 is 3.50. The van der Waals surface area contributed by atoms with Gasteiger partial charge in [-0.15, -0.1) is 0 Å². The van der Waals surface area contributed by atoms with Gasteiger partial charge in [0.05, 0.1) is 13.7 Å². The number of ether oxygens (including phenoxy) is 1. The first-order valence-corrected chi connectivity index (χ1v) is 6.97. The normalized spacial score (nSPS) is 13.8. The number of carbonyl (C=O) groups excluding carboxylic acids is 1. The van der Waals surface area contributed by atoms with E-state index in [4.69, 9.17) is 0 Å². The second-order valence-corrected chi connectivity index (χ2v) is 5.61. The van der Waals surface area contributed by atoms with E-state index in [0.29, 0.717) is 0 Å². The maximum atomic E-state index is 11.5. The summed E-state index contributed by atoms with van der Waals surface area (Å²) in [5, 5.41) is 15.2. The van der Waals surface area contributed by atoms with Gasteiger partial charge < -0.3 is 15.2 Å². The Morgan fingerprint density at radius 1 is 1.30 bits per heavy atom. The fourth-order valence-corrected chi connectivity index (χ4v) is 2.45. The molecule has 0 saturated carbocycles. The minimum atomic E-state index is -1.57. The van der Waals surface area contributed by atoms with Crippen molar-refractivity contribution in [3.05, 3.63) is 40.9 Å². The molecule has 0 radical (unpaired) electrons. The van der Waals surface area contributed by atoms with Crippen LogP contribution < -0.4 is 5.32 Å². The molecule has 0 saturated heterocycles. The van der Waals surface area contributed by atoms with Gasteiger partial charge in [0.1, 0.15) is 0 Å². The van der Waals surface area contributed by atoms with Gasteiger partial charge in [-0.1, -0.05) is 40.2 Å². The average molecular weight is 338 g/mol. The zero-order chi connectivity index (χ0) is 14.8. The monoisotopic (exact) mass is 337 g/mol.